The lowest BCUT2D eigenvalue weighted by Gasteiger charge is -1.98. The molecular weight excluding hydrogens is 324 g/mol. The zero-order chi connectivity index (χ0) is 18.7. The molecule has 0 unspecified atom stereocenters. The molecule has 25 heavy (non-hydrogen) atoms. The molecule has 136 valence electrons. The fourth-order valence-electron chi connectivity index (χ4n) is 1.68. The average Bonchev–Trinajstić information content (AvgIpc) is 3.32. The number of aromatic nitrogens is 6. The summed E-state index contributed by atoms with van der Waals surface area (Å²) in [5.41, 5.74) is 2.10. The summed E-state index contributed by atoms with van der Waals surface area (Å²) >= 11 is 0. The number of methoxy groups -OCH3 is 1. The highest BCUT2D eigenvalue weighted by atomic mass is 16.7. The third-order valence-corrected chi connectivity index (χ3v) is 2.94. The van der Waals surface area contributed by atoms with E-state index in [9.17, 15) is 4.79 Å². The van der Waals surface area contributed by atoms with Gasteiger partial charge in [-0.2, -0.15) is 5.10 Å². The quantitative estimate of drug-likeness (QED) is 0.714. The molecule has 3 aromatic rings. The number of nitrogens with one attached hydrogen (secondary N) is 1. The summed E-state index contributed by atoms with van der Waals surface area (Å²) in [5, 5.41) is 6.86. The summed E-state index contributed by atoms with van der Waals surface area (Å²) in [6.07, 6.45) is 10.2. The molecular formula is C16H24N6O3. The normalized spacial score (nSPS) is 9.32. The van der Waals surface area contributed by atoms with Crippen molar-refractivity contribution in [2.75, 3.05) is 13.7 Å². The van der Waals surface area contributed by atoms with E-state index in [-0.39, 0.29) is 0 Å². The van der Waals surface area contributed by atoms with Crippen molar-refractivity contribution in [3.63, 3.8) is 0 Å². The summed E-state index contributed by atoms with van der Waals surface area (Å²) in [6, 6.07) is 0. The molecule has 0 radical (unpaired) electrons. The van der Waals surface area contributed by atoms with E-state index >= 15 is 0 Å². The largest absolute Gasteiger partial charge is 0.507 e. The molecule has 0 aliphatic rings. The number of hydrogen-bond acceptors (Lipinski definition) is 6. The van der Waals surface area contributed by atoms with Gasteiger partial charge in [-0.1, -0.05) is 0 Å². The van der Waals surface area contributed by atoms with Crippen LogP contribution in [0, 0.1) is 6.92 Å². The first-order valence-corrected chi connectivity index (χ1v) is 7.59. The zero-order valence-electron chi connectivity index (χ0n) is 15.1. The molecule has 0 fully saturated rings. The maximum atomic E-state index is 9.97. The van der Waals surface area contributed by atoms with E-state index in [0.717, 1.165) is 17.1 Å². The molecule has 3 heterocycles. The van der Waals surface area contributed by atoms with Gasteiger partial charge in [0.2, 0.25) is 0 Å². The number of ether oxygens (including phenoxy) is 2. The van der Waals surface area contributed by atoms with Crippen molar-refractivity contribution in [2.24, 2.45) is 14.1 Å². The summed E-state index contributed by atoms with van der Waals surface area (Å²) in [6.45, 7) is 4.09. The Bertz CT molecular complexity index is 694. The highest BCUT2D eigenvalue weighted by molar-refractivity contribution is 5.59. The number of carbonyl (C=O) groups excluding carboxylic acids is 1. The smallest absolute Gasteiger partial charge is 0.438 e. The van der Waals surface area contributed by atoms with Gasteiger partial charge in [0.05, 0.1) is 26.2 Å². The average molecular weight is 348 g/mol. The molecule has 9 heteroatoms. The molecule has 3 aromatic heterocycles. The van der Waals surface area contributed by atoms with Crippen LogP contribution in [0.5, 0.6) is 0 Å². The van der Waals surface area contributed by atoms with Crippen molar-refractivity contribution in [1.82, 2.24) is 29.3 Å². The second-order valence-electron chi connectivity index (χ2n) is 4.91. The molecule has 0 aliphatic heterocycles. The topological polar surface area (TPSA) is 99.9 Å². The predicted octanol–water partition coefficient (Wildman–Crippen LogP) is 2.33. The second kappa shape index (κ2) is 10.6. The Balaban J connectivity index is 0.000000206. The van der Waals surface area contributed by atoms with E-state index < -0.39 is 6.16 Å². The van der Waals surface area contributed by atoms with Gasteiger partial charge >= 0.3 is 6.16 Å². The molecule has 0 atom stereocenters. The van der Waals surface area contributed by atoms with Crippen LogP contribution in [0.25, 0.3) is 11.5 Å². The number of carbonyl (C=O) groups is 1. The first kappa shape index (κ1) is 19.9. The maximum absolute atomic E-state index is 9.97. The van der Waals surface area contributed by atoms with Gasteiger partial charge in [-0.15, -0.1) is 0 Å². The van der Waals surface area contributed by atoms with E-state index in [1.807, 2.05) is 42.5 Å². The Morgan fingerprint density at radius 2 is 2.04 bits per heavy atom. The van der Waals surface area contributed by atoms with Crippen molar-refractivity contribution >= 4 is 6.16 Å². The van der Waals surface area contributed by atoms with Gasteiger partial charge in [0.1, 0.15) is 5.69 Å². The summed E-state index contributed by atoms with van der Waals surface area (Å²) in [5.74, 6) is 0.921. The van der Waals surface area contributed by atoms with Crippen LogP contribution in [0.4, 0.5) is 4.79 Å². The van der Waals surface area contributed by atoms with E-state index in [1.165, 1.54) is 7.11 Å². The monoisotopic (exact) mass is 348 g/mol. The molecule has 0 saturated carbocycles. The number of rotatable bonds is 2. The SMILES string of the molecule is CCOC(=O)OC.Cc1cn[nH]c1-c1nccn1C.Cn1ccnc1. The lowest BCUT2D eigenvalue weighted by Crippen LogP contribution is -2.02. The van der Waals surface area contributed by atoms with Crippen LogP contribution in [0.15, 0.2) is 37.3 Å². The molecule has 0 amide bonds. The fraction of sp³-hybridized carbons (Fsp3) is 0.375. The van der Waals surface area contributed by atoms with Crippen LogP contribution < -0.4 is 0 Å². The van der Waals surface area contributed by atoms with Crippen molar-refractivity contribution in [1.29, 1.82) is 0 Å². The van der Waals surface area contributed by atoms with Crippen molar-refractivity contribution in [3.8, 4) is 11.5 Å². The Hall–Kier alpha value is -3.10. The van der Waals surface area contributed by atoms with Crippen molar-refractivity contribution < 1.29 is 14.3 Å². The number of aryl methyl sites for hydroxylation is 3. The number of H-pyrrole nitrogens is 1. The molecule has 1 N–H and O–H groups in total. The predicted molar refractivity (Wildman–Crippen MR) is 92.8 cm³/mol. The zero-order valence-corrected chi connectivity index (χ0v) is 15.1. The Labute approximate surface area is 146 Å². The molecule has 0 aliphatic carbocycles. The first-order valence-electron chi connectivity index (χ1n) is 7.59. The molecule has 0 bridgehead atoms. The van der Waals surface area contributed by atoms with E-state index in [0.29, 0.717) is 6.61 Å². The minimum Gasteiger partial charge on any atom is -0.438 e. The highest BCUT2D eigenvalue weighted by Crippen LogP contribution is 2.16. The van der Waals surface area contributed by atoms with E-state index in [2.05, 4.69) is 29.6 Å². The van der Waals surface area contributed by atoms with Gasteiger partial charge in [-0.3, -0.25) is 5.10 Å². The molecule has 0 spiro atoms. The van der Waals surface area contributed by atoms with Gasteiger partial charge in [-0.25, -0.2) is 14.8 Å². The van der Waals surface area contributed by atoms with Gasteiger partial charge in [0.15, 0.2) is 5.82 Å². The van der Waals surface area contributed by atoms with Crippen LogP contribution >= 0.6 is 0 Å². The van der Waals surface area contributed by atoms with Crippen LogP contribution in [0.2, 0.25) is 0 Å². The van der Waals surface area contributed by atoms with Crippen molar-refractivity contribution in [3.05, 3.63) is 42.9 Å². The van der Waals surface area contributed by atoms with Crippen LogP contribution in [0.3, 0.4) is 0 Å². The third-order valence-electron chi connectivity index (χ3n) is 2.94. The highest BCUT2D eigenvalue weighted by Gasteiger charge is 2.07. The van der Waals surface area contributed by atoms with Gasteiger partial charge < -0.3 is 18.6 Å². The second-order valence-corrected chi connectivity index (χ2v) is 4.91. The minimum absolute atomic E-state index is 0.368. The van der Waals surface area contributed by atoms with Gasteiger partial charge in [0, 0.05) is 38.9 Å². The van der Waals surface area contributed by atoms with E-state index in [4.69, 9.17) is 0 Å². The van der Waals surface area contributed by atoms with Crippen molar-refractivity contribution in [2.45, 2.75) is 13.8 Å². The number of imidazole rings is 2. The summed E-state index contributed by atoms with van der Waals surface area (Å²) in [4.78, 5) is 18.0. The minimum atomic E-state index is -0.623. The van der Waals surface area contributed by atoms with Crippen LogP contribution in [-0.2, 0) is 23.6 Å². The van der Waals surface area contributed by atoms with E-state index in [1.54, 1.807) is 31.8 Å². The van der Waals surface area contributed by atoms with Gasteiger partial charge in [0.25, 0.3) is 0 Å². The molecule has 3 rings (SSSR count). The third kappa shape index (κ3) is 6.90. The summed E-state index contributed by atoms with van der Waals surface area (Å²) in [7, 11) is 5.17. The summed E-state index contributed by atoms with van der Waals surface area (Å²) < 4.78 is 12.3. The van der Waals surface area contributed by atoms with Crippen LogP contribution in [0.1, 0.15) is 12.5 Å². The first-order chi connectivity index (χ1) is 12.0. The Morgan fingerprint density at radius 1 is 1.28 bits per heavy atom. The van der Waals surface area contributed by atoms with Gasteiger partial charge in [-0.05, 0) is 19.4 Å². The number of nitrogens with zero attached hydrogens (tertiary/aromatic N) is 5. The number of hydrogen-bond donors (Lipinski definition) is 1. The standard InChI is InChI=1S/C8H10N4.C4H6N2.C4H8O3/c1-6-5-10-11-7(6)8-9-3-4-12(8)2;1-6-3-2-5-4-6;1-3-7-4(5)6-2/h3-5H,1-2H3,(H,10,11);2-4H,1H3;3H2,1-2H3. The Kier molecular flexibility index (Phi) is 8.48. The fourth-order valence-corrected chi connectivity index (χ4v) is 1.68. The Morgan fingerprint density at radius 3 is 2.36 bits per heavy atom. The molecule has 0 aromatic carbocycles. The number of aromatic amines is 1. The maximum Gasteiger partial charge on any atom is 0.507 e. The lowest BCUT2D eigenvalue weighted by molar-refractivity contribution is 0.0771. The molecule has 9 nitrogen and oxygen atoms in total. The van der Waals surface area contributed by atoms with Crippen LogP contribution in [-0.4, -0.2) is 49.2 Å². The lowest BCUT2D eigenvalue weighted by atomic mass is 10.3. The molecule has 0 saturated heterocycles.